The van der Waals surface area contributed by atoms with Crippen molar-refractivity contribution in [3.63, 3.8) is 0 Å². The molecule has 0 N–H and O–H groups in total. The number of piperidine rings is 1. The van der Waals surface area contributed by atoms with E-state index in [0.29, 0.717) is 12.3 Å². The van der Waals surface area contributed by atoms with Gasteiger partial charge in [-0.3, -0.25) is 0 Å². The van der Waals surface area contributed by atoms with Gasteiger partial charge in [-0.15, -0.1) is 0 Å². The summed E-state index contributed by atoms with van der Waals surface area (Å²) in [7, 11) is 3.82. The molecule has 3 heteroatoms. The van der Waals surface area contributed by atoms with Gasteiger partial charge in [0.25, 0.3) is 0 Å². The molecule has 98 valence electrons. The maximum absolute atomic E-state index is 10.7. The van der Waals surface area contributed by atoms with E-state index in [4.69, 9.17) is 4.74 Å². The molecule has 0 spiro atoms. The van der Waals surface area contributed by atoms with Crippen LogP contribution in [0.25, 0.3) is 0 Å². The molecule has 0 saturated carbocycles. The third-order valence-electron chi connectivity index (χ3n) is 3.80. The number of nitrogens with zero attached hydrogens (tertiary/aromatic N) is 1. The van der Waals surface area contributed by atoms with Gasteiger partial charge in [-0.25, -0.2) is 0 Å². The molecule has 1 aromatic rings. The summed E-state index contributed by atoms with van der Waals surface area (Å²) in [5.41, 5.74) is 2.35. The zero-order valence-corrected chi connectivity index (χ0v) is 11.2. The quantitative estimate of drug-likeness (QED) is 0.764. The fourth-order valence-corrected chi connectivity index (χ4v) is 2.64. The minimum Gasteiger partial charge on any atom is -0.496 e. The first kappa shape index (κ1) is 13.1. The van der Waals surface area contributed by atoms with Gasteiger partial charge in [-0.05, 0) is 50.5 Å². The van der Waals surface area contributed by atoms with Crippen molar-refractivity contribution in [3.05, 3.63) is 29.3 Å². The number of methoxy groups -OCH3 is 1. The van der Waals surface area contributed by atoms with Crippen LogP contribution in [0.15, 0.2) is 18.2 Å². The molecule has 0 aliphatic carbocycles. The lowest BCUT2D eigenvalue weighted by Crippen LogP contribution is -2.29. The standard InChI is InChI=1S/C15H21NO2/c1-16-8-5-12(6-9-16)13-3-4-15(18-2)14(11-13)7-10-17/h3-4,10-12H,5-9H2,1-2H3. The molecule has 1 aliphatic rings. The van der Waals surface area contributed by atoms with E-state index < -0.39 is 0 Å². The van der Waals surface area contributed by atoms with Crippen LogP contribution >= 0.6 is 0 Å². The summed E-state index contributed by atoms with van der Waals surface area (Å²) in [5.74, 6) is 1.44. The third-order valence-corrected chi connectivity index (χ3v) is 3.80. The van der Waals surface area contributed by atoms with Crippen LogP contribution in [-0.2, 0) is 11.2 Å². The number of benzene rings is 1. The summed E-state index contributed by atoms with van der Waals surface area (Å²) in [6, 6.07) is 6.28. The normalized spacial score (nSPS) is 17.7. The van der Waals surface area contributed by atoms with Gasteiger partial charge in [0.05, 0.1) is 7.11 Å². The number of likely N-dealkylation sites (tertiary alicyclic amines) is 1. The molecule has 3 nitrogen and oxygen atoms in total. The highest BCUT2D eigenvalue weighted by Crippen LogP contribution is 2.30. The number of ether oxygens (including phenoxy) is 1. The molecule has 1 heterocycles. The van der Waals surface area contributed by atoms with Gasteiger partial charge in [-0.2, -0.15) is 0 Å². The molecule has 0 atom stereocenters. The second kappa shape index (κ2) is 6.01. The number of hydrogen-bond acceptors (Lipinski definition) is 3. The highest BCUT2D eigenvalue weighted by atomic mass is 16.5. The molecule has 18 heavy (non-hydrogen) atoms. The summed E-state index contributed by atoms with van der Waals surface area (Å²) >= 11 is 0. The Kier molecular flexibility index (Phi) is 4.37. The molecule has 1 aromatic carbocycles. The van der Waals surface area contributed by atoms with E-state index in [2.05, 4.69) is 24.1 Å². The van der Waals surface area contributed by atoms with Gasteiger partial charge in [0.2, 0.25) is 0 Å². The molecule has 0 bridgehead atoms. The van der Waals surface area contributed by atoms with E-state index in [0.717, 1.165) is 30.7 Å². The van der Waals surface area contributed by atoms with Crippen molar-refractivity contribution in [1.29, 1.82) is 0 Å². The number of carbonyl (C=O) groups is 1. The molecule has 0 aromatic heterocycles. The van der Waals surface area contributed by atoms with Crippen molar-refractivity contribution >= 4 is 6.29 Å². The molecule has 2 rings (SSSR count). The van der Waals surface area contributed by atoms with Crippen LogP contribution in [0.2, 0.25) is 0 Å². The van der Waals surface area contributed by atoms with Crippen molar-refractivity contribution < 1.29 is 9.53 Å². The van der Waals surface area contributed by atoms with Gasteiger partial charge in [-0.1, -0.05) is 12.1 Å². The summed E-state index contributed by atoms with van der Waals surface area (Å²) in [6.07, 6.45) is 3.77. The zero-order chi connectivity index (χ0) is 13.0. The molecular weight excluding hydrogens is 226 g/mol. The van der Waals surface area contributed by atoms with Crippen LogP contribution in [0.3, 0.4) is 0 Å². The minimum absolute atomic E-state index is 0.434. The first-order valence-corrected chi connectivity index (χ1v) is 6.53. The molecule has 1 aliphatic heterocycles. The van der Waals surface area contributed by atoms with Gasteiger partial charge >= 0.3 is 0 Å². The number of carbonyl (C=O) groups excluding carboxylic acids is 1. The summed E-state index contributed by atoms with van der Waals surface area (Å²) < 4.78 is 5.29. The molecule has 0 unspecified atom stereocenters. The Labute approximate surface area is 109 Å². The topological polar surface area (TPSA) is 29.5 Å². The van der Waals surface area contributed by atoms with Crippen LogP contribution in [0, 0.1) is 0 Å². The largest absolute Gasteiger partial charge is 0.496 e. The van der Waals surface area contributed by atoms with E-state index >= 15 is 0 Å². The Morgan fingerprint density at radius 1 is 1.39 bits per heavy atom. The second-order valence-electron chi connectivity index (χ2n) is 5.02. The average molecular weight is 247 g/mol. The summed E-state index contributed by atoms with van der Waals surface area (Å²) in [6.45, 7) is 2.30. The maximum Gasteiger partial charge on any atom is 0.124 e. The van der Waals surface area contributed by atoms with Gasteiger partial charge in [0.1, 0.15) is 12.0 Å². The Morgan fingerprint density at radius 2 is 2.11 bits per heavy atom. The van der Waals surface area contributed by atoms with Gasteiger partial charge in [0, 0.05) is 12.0 Å². The molecule has 0 amide bonds. The van der Waals surface area contributed by atoms with E-state index in [9.17, 15) is 4.79 Å². The van der Waals surface area contributed by atoms with Crippen molar-refractivity contribution in [2.24, 2.45) is 0 Å². The first-order chi connectivity index (χ1) is 8.74. The smallest absolute Gasteiger partial charge is 0.124 e. The summed E-state index contributed by atoms with van der Waals surface area (Å²) in [5, 5.41) is 0. The lowest BCUT2D eigenvalue weighted by atomic mass is 9.88. The predicted octanol–water partition coefficient (Wildman–Crippen LogP) is 2.25. The summed E-state index contributed by atoms with van der Waals surface area (Å²) in [4.78, 5) is 13.1. The van der Waals surface area contributed by atoms with Crippen LogP contribution in [0.4, 0.5) is 0 Å². The second-order valence-corrected chi connectivity index (χ2v) is 5.02. The third kappa shape index (κ3) is 2.91. The van der Waals surface area contributed by atoms with Crippen molar-refractivity contribution in [2.45, 2.75) is 25.2 Å². The average Bonchev–Trinajstić information content (AvgIpc) is 2.40. The zero-order valence-electron chi connectivity index (χ0n) is 11.2. The van der Waals surface area contributed by atoms with Crippen LogP contribution < -0.4 is 4.74 Å². The van der Waals surface area contributed by atoms with E-state index in [1.54, 1.807) is 7.11 Å². The van der Waals surface area contributed by atoms with Crippen molar-refractivity contribution in [3.8, 4) is 5.75 Å². The van der Waals surface area contributed by atoms with Gasteiger partial charge in [0.15, 0.2) is 0 Å². The van der Waals surface area contributed by atoms with Crippen LogP contribution in [-0.4, -0.2) is 38.4 Å². The molecular formula is C15H21NO2. The first-order valence-electron chi connectivity index (χ1n) is 6.53. The minimum atomic E-state index is 0.434. The highest BCUT2D eigenvalue weighted by Gasteiger charge is 2.19. The van der Waals surface area contributed by atoms with Crippen molar-refractivity contribution in [2.75, 3.05) is 27.2 Å². The van der Waals surface area contributed by atoms with E-state index in [1.807, 2.05) is 6.07 Å². The Bertz CT molecular complexity index is 409. The molecule has 1 saturated heterocycles. The SMILES string of the molecule is COc1ccc(C2CCN(C)CC2)cc1CC=O. The predicted molar refractivity (Wildman–Crippen MR) is 72.2 cm³/mol. The Hall–Kier alpha value is -1.35. The van der Waals surface area contributed by atoms with Crippen LogP contribution in [0.5, 0.6) is 5.75 Å². The number of aldehydes is 1. The van der Waals surface area contributed by atoms with Gasteiger partial charge < -0.3 is 14.4 Å². The monoisotopic (exact) mass is 247 g/mol. The Balaban J connectivity index is 2.18. The lowest BCUT2D eigenvalue weighted by molar-refractivity contribution is -0.107. The van der Waals surface area contributed by atoms with Crippen LogP contribution in [0.1, 0.15) is 29.9 Å². The highest BCUT2D eigenvalue weighted by molar-refractivity contribution is 5.58. The molecule has 1 fully saturated rings. The maximum atomic E-state index is 10.7. The van der Waals surface area contributed by atoms with E-state index in [-0.39, 0.29) is 0 Å². The van der Waals surface area contributed by atoms with E-state index in [1.165, 1.54) is 18.4 Å². The van der Waals surface area contributed by atoms with Crippen molar-refractivity contribution in [1.82, 2.24) is 4.90 Å². The molecule has 0 radical (unpaired) electrons. The number of hydrogen-bond donors (Lipinski definition) is 0. The fourth-order valence-electron chi connectivity index (χ4n) is 2.64. The fraction of sp³-hybridized carbons (Fsp3) is 0.533. The number of rotatable bonds is 4. The lowest BCUT2D eigenvalue weighted by Gasteiger charge is -2.29. The Morgan fingerprint density at radius 3 is 2.72 bits per heavy atom.